The minimum atomic E-state index is 0.147. The maximum Gasteiger partial charge on any atom is 0.0468 e. The summed E-state index contributed by atoms with van der Waals surface area (Å²) in [6, 6.07) is 20.7. The molecule has 0 heterocycles. The Balaban J connectivity index is 2.30. The van der Waals surface area contributed by atoms with Gasteiger partial charge in [-0.3, -0.25) is 0 Å². The third-order valence-corrected chi connectivity index (χ3v) is 3.98. The molecule has 0 aliphatic carbocycles. The molecule has 0 radical (unpaired) electrons. The minimum Gasteiger partial charge on any atom is -0.396 e. The predicted molar refractivity (Wildman–Crippen MR) is 99.9 cm³/mol. The van der Waals surface area contributed by atoms with Gasteiger partial charge in [-0.2, -0.15) is 0 Å². The van der Waals surface area contributed by atoms with Crippen LogP contribution in [0.25, 0.3) is 0 Å². The number of benzene rings is 2. The highest BCUT2D eigenvalue weighted by Gasteiger charge is 2.07. The maximum atomic E-state index is 9.50. The second-order valence-corrected chi connectivity index (χ2v) is 5.84. The van der Waals surface area contributed by atoms with Crippen molar-refractivity contribution < 1.29 is 10.2 Å². The van der Waals surface area contributed by atoms with Crippen molar-refractivity contribution in [1.82, 2.24) is 0 Å². The van der Waals surface area contributed by atoms with Crippen LogP contribution in [-0.4, -0.2) is 23.4 Å². The summed E-state index contributed by atoms with van der Waals surface area (Å²) in [6.07, 6.45) is 7.12. The van der Waals surface area contributed by atoms with Gasteiger partial charge in [0, 0.05) is 13.2 Å². The van der Waals surface area contributed by atoms with E-state index in [-0.39, 0.29) is 13.2 Å². The molecule has 0 aliphatic rings. The largest absolute Gasteiger partial charge is 0.396 e. The summed E-state index contributed by atoms with van der Waals surface area (Å²) in [7, 11) is 0. The fourth-order valence-electron chi connectivity index (χ4n) is 2.76. The van der Waals surface area contributed by atoms with Crippen LogP contribution >= 0.6 is 0 Å². The molecule has 2 aromatic rings. The van der Waals surface area contributed by atoms with E-state index in [2.05, 4.69) is 30.3 Å². The Morgan fingerprint density at radius 2 is 1.33 bits per heavy atom. The number of aliphatic hydroxyl groups excluding tert-OH is 2. The molecule has 0 unspecified atom stereocenters. The van der Waals surface area contributed by atoms with Gasteiger partial charge in [-0.15, -0.1) is 0 Å². The monoisotopic (exact) mass is 322 g/mol. The highest BCUT2D eigenvalue weighted by Crippen LogP contribution is 2.21. The summed E-state index contributed by atoms with van der Waals surface area (Å²) in [5.74, 6) is 0. The molecule has 0 aliphatic heterocycles. The summed E-state index contributed by atoms with van der Waals surface area (Å²) >= 11 is 0. The van der Waals surface area contributed by atoms with Crippen molar-refractivity contribution in [3.05, 3.63) is 95.1 Å². The van der Waals surface area contributed by atoms with Crippen molar-refractivity contribution in [3.63, 3.8) is 0 Å². The van der Waals surface area contributed by atoms with Crippen molar-refractivity contribution in [3.8, 4) is 0 Å². The number of hydrogen-bond acceptors (Lipinski definition) is 2. The van der Waals surface area contributed by atoms with E-state index in [9.17, 15) is 5.11 Å². The van der Waals surface area contributed by atoms with Crippen LogP contribution in [0, 0.1) is 0 Å². The second kappa shape index (κ2) is 10.6. The smallest absolute Gasteiger partial charge is 0.0468 e. The lowest BCUT2D eigenvalue weighted by Gasteiger charge is -2.13. The summed E-state index contributed by atoms with van der Waals surface area (Å²) < 4.78 is 0. The van der Waals surface area contributed by atoms with Crippen LogP contribution in [0.3, 0.4) is 0 Å². The Morgan fingerprint density at radius 3 is 1.88 bits per heavy atom. The van der Waals surface area contributed by atoms with Crippen molar-refractivity contribution in [1.29, 1.82) is 0 Å². The molecular weight excluding hydrogens is 296 g/mol. The summed E-state index contributed by atoms with van der Waals surface area (Å²) in [4.78, 5) is 0. The molecule has 2 heteroatoms. The molecule has 126 valence electrons. The van der Waals surface area contributed by atoms with Gasteiger partial charge in [0.15, 0.2) is 0 Å². The molecule has 0 bridgehead atoms. The van der Waals surface area contributed by atoms with Gasteiger partial charge in [0.2, 0.25) is 0 Å². The van der Waals surface area contributed by atoms with Gasteiger partial charge in [-0.25, -0.2) is 0 Å². The number of hydrogen-bond donors (Lipinski definition) is 2. The molecule has 0 amide bonds. The molecule has 0 atom stereocenters. The van der Waals surface area contributed by atoms with E-state index in [1.807, 2.05) is 42.5 Å². The van der Waals surface area contributed by atoms with Crippen LogP contribution in [0.2, 0.25) is 0 Å². The number of allylic oxidation sites excluding steroid dienone is 2. The fourth-order valence-corrected chi connectivity index (χ4v) is 2.76. The van der Waals surface area contributed by atoms with Crippen LogP contribution in [0.4, 0.5) is 0 Å². The average Bonchev–Trinajstić information content (AvgIpc) is 2.62. The van der Waals surface area contributed by atoms with Crippen LogP contribution in [-0.2, 0) is 12.8 Å². The topological polar surface area (TPSA) is 40.5 Å². The first-order chi connectivity index (χ1) is 11.8. The van der Waals surface area contributed by atoms with Gasteiger partial charge >= 0.3 is 0 Å². The molecule has 2 rings (SSSR count). The van der Waals surface area contributed by atoms with Gasteiger partial charge in [0.25, 0.3) is 0 Å². The Morgan fingerprint density at radius 1 is 0.750 bits per heavy atom. The van der Waals surface area contributed by atoms with E-state index in [1.165, 1.54) is 22.3 Å². The molecule has 0 saturated heterocycles. The molecule has 0 spiro atoms. The third kappa shape index (κ3) is 6.15. The van der Waals surface area contributed by atoms with E-state index in [0.717, 1.165) is 12.8 Å². The Kier molecular flexibility index (Phi) is 8.02. The predicted octanol–water partition coefficient (Wildman–Crippen LogP) is 4.09. The molecular formula is C22H26O2. The van der Waals surface area contributed by atoms with E-state index >= 15 is 0 Å². The minimum absolute atomic E-state index is 0.147. The van der Waals surface area contributed by atoms with Crippen LogP contribution in [0.5, 0.6) is 0 Å². The zero-order valence-electron chi connectivity index (χ0n) is 14.1. The van der Waals surface area contributed by atoms with Crippen LogP contribution in [0.1, 0.15) is 24.0 Å². The lowest BCUT2D eigenvalue weighted by molar-refractivity contribution is 0.298. The first-order valence-electron chi connectivity index (χ1n) is 8.50. The maximum absolute atomic E-state index is 9.50. The summed E-state index contributed by atoms with van der Waals surface area (Å²) in [6.45, 7) is 0.303. The van der Waals surface area contributed by atoms with Crippen molar-refractivity contribution in [2.75, 3.05) is 13.2 Å². The standard InChI is InChI=1S/C22H26O2/c23-15-8-7-13-21(17-19-9-3-1-4-10-19)22(14-16-24)18-20-11-5-2-6-12-20/h1-7,9-13,23-24H,8,14-18H2/b13-7+,22-21+. The lowest BCUT2D eigenvalue weighted by Crippen LogP contribution is -2.01. The molecule has 2 aromatic carbocycles. The molecule has 2 nitrogen and oxygen atoms in total. The summed E-state index contributed by atoms with van der Waals surface area (Å²) in [5, 5.41) is 18.5. The number of aliphatic hydroxyl groups is 2. The van der Waals surface area contributed by atoms with Crippen LogP contribution in [0.15, 0.2) is 84.0 Å². The zero-order chi connectivity index (χ0) is 17.0. The SMILES string of the molecule is OCC/C=C/C(Cc1ccccc1)=C(/CCO)Cc1ccccc1. The number of rotatable bonds is 9. The fraction of sp³-hybridized carbons (Fsp3) is 0.273. The first kappa shape index (κ1) is 18.2. The normalized spacial score (nSPS) is 12.4. The molecule has 0 aromatic heterocycles. The summed E-state index contributed by atoms with van der Waals surface area (Å²) in [5.41, 5.74) is 4.99. The van der Waals surface area contributed by atoms with Gasteiger partial charge in [-0.1, -0.05) is 78.4 Å². The average molecular weight is 322 g/mol. The molecule has 24 heavy (non-hydrogen) atoms. The van der Waals surface area contributed by atoms with E-state index in [4.69, 9.17) is 5.11 Å². The van der Waals surface area contributed by atoms with E-state index in [1.54, 1.807) is 0 Å². The molecule has 2 N–H and O–H groups in total. The zero-order valence-corrected chi connectivity index (χ0v) is 14.1. The quantitative estimate of drug-likeness (QED) is 0.683. The highest BCUT2D eigenvalue weighted by atomic mass is 16.3. The van der Waals surface area contributed by atoms with E-state index in [0.29, 0.717) is 12.8 Å². The van der Waals surface area contributed by atoms with Gasteiger partial charge in [0.05, 0.1) is 0 Å². The van der Waals surface area contributed by atoms with Crippen molar-refractivity contribution in [2.24, 2.45) is 0 Å². The Labute approximate surface area is 144 Å². The highest BCUT2D eigenvalue weighted by molar-refractivity contribution is 5.35. The Bertz CT molecular complexity index is 642. The van der Waals surface area contributed by atoms with Gasteiger partial charge < -0.3 is 10.2 Å². The molecule has 0 saturated carbocycles. The third-order valence-electron chi connectivity index (χ3n) is 3.98. The van der Waals surface area contributed by atoms with Gasteiger partial charge in [0.1, 0.15) is 0 Å². The lowest BCUT2D eigenvalue weighted by atomic mass is 9.93. The van der Waals surface area contributed by atoms with Crippen LogP contribution < -0.4 is 0 Å². The Hall–Kier alpha value is -2.16. The molecule has 0 fully saturated rings. The first-order valence-corrected chi connectivity index (χ1v) is 8.50. The van der Waals surface area contributed by atoms with Gasteiger partial charge in [-0.05, 0) is 42.4 Å². The van der Waals surface area contributed by atoms with Crippen molar-refractivity contribution in [2.45, 2.75) is 25.7 Å². The second-order valence-electron chi connectivity index (χ2n) is 5.84. The van der Waals surface area contributed by atoms with Crippen molar-refractivity contribution >= 4 is 0 Å². The van der Waals surface area contributed by atoms with E-state index < -0.39 is 0 Å².